The van der Waals surface area contributed by atoms with Crippen molar-refractivity contribution in [2.24, 2.45) is 10.7 Å². The summed E-state index contributed by atoms with van der Waals surface area (Å²) in [5, 5.41) is 0. The minimum Gasteiger partial charge on any atom is -0.383 e. The smallest absolute Gasteiger partial charge is 0.234 e. The lowest BCUT2D eigenvalue weighted by molar-refractivity contribution is -0.106. The van der Waals surface area contributed by atoms with Gasteiger partial charge in [0.1, 0.15) is 11.7 Å². The number of amides is 1. The van der Waals surface area contributed by atoms with Crippen LogP contribution in [0.2, 0.25) is 0 Å². The molecule has 0 saturated heterocycles. The maximum atomic E-state index is 13.0. The van der Waals surface area contributed by atoms with Crippen molar-refractivity contribution in [3.63, 3.8) is 0 Å². The van der Waals surface area contributed by atoms with Gasteiger partial charge in [-0.25, -0.2) is 4.39 Å². The lowest BCUT2D eigenvalue weighted by Gasteiger charge is -2.00. The molecule has 2 N–H and O–H groups in total. The van der Waals surface area contributed by atoms with Gasteiger partial charge in [-0.1, -0.05) is 12.1 Å². The molecule has 0 unspecified atom stereocenters. The minimum absolute atomic E-state index is 0.0221. The van der Waals surface area contributed by atoms with Gasteiger partial charge < -0.3 is 5.73 Å². The number of carbonyl (C=O) groups is 1. The molecule has 1 aromatic rings. The van der Waals surface area contributed by atoms with E-state index in [1.165, 1.54) is 6.07 Å². The number of nitrogens with zero attached hydrogens (tertiary/aromatic N) is 1. The van der Waals surface area contributed by atoms with Gasteiger partial charge in [0.2, 0.25) is 6.41 Å². The Morgan fingerprint density at radius 2 is 2.31 bits per heavy atom. The highest BCUT2D eigenvalue weighted by Gasteiger charge is 2.01. The Morgan fingerprint density at radius 1 is 1.62 bits per heavy atom. The first-order valence-electron chi connectivity index (χ1n) is 3.68. The van der Waals surface area contributed by atoms with Crippen LogP contribution in [0.5, 0.6) is 0 Å². The quantitative estimate of drug-likeness (QED) is 0.419. The van der Waals surface area contributed by atoms with E-state index >= 15 is 0 Å². The van der Waals surface area contributed by atoms with Crippen molar-refractivity contribution in [2.45, 2.75) is 6.92 Å². The van der Waals surface area contributed by atoms with Crippen LogP contribution in [-0.2, 0) is 4.79 Å². The third-order valence-corrected chi connectivity index (χ3v) is 1.66. The number of nitrogens with two attached hydrogens (primary N) is 1. The Morgan fingerprint density at radius 3 is 2.85 bits per heavy atom. The van der Waals surface area contributed by atoms with Crippen LogP contribution in [-0.4, -0.2) is 12.2 Å². The number of aryl methyl sites for hydroxylation is 1. The van der Waals surface area contributed by atoms with Gasteiger partial charge in [0.25, 0.3) is 0 Å². The van der Waals surface area contributed by atoms with Crippen molar-refractivity contribution in [3.05, 3.63) is 35.1 Å². The second-order valence-electron chi connectivity index (χ2n) is 2.58. The number of aliphatic imine (C=N–C) groups is 1. The number of amidine groups is 1. The summed E-state index contributed by atoms with van der Waals surface area (Å²) < 4.78 is 13.0. The fraction of sp³-hybridized carbons (Fsp3) is 0.111. The molecule has 0 heterocycles. The number of carbonyl (C=O) groups excluding carboxylic acids is 1. The largest absolute Gasteiger partial charge is 0.383 e. The van der Waals surface area contributed by atoms with Gasteiger partial charge >= 0.3 is 0 Å². The molecule has 13 heavy (non-hydrogen) atoms. The predicted molar refractivity (Wildman–Crippen MR) is 47.9 cm³/mol. The fourth-order valence-electron chi connectivity index (χ4n) is 0.884. The lowest BCUT2D eigenvalue weighted by Crippen LogP contribution is -2.13. The topological polar surface area (TPSA) is 55.4 Å². The van der Waals surface area contributed by atoms with E-state index in [0.29, 0.717) is 17.5 Å². The van der Waals surface area contributed by atoms with Crippen molar-refractivity contribution < 1.29 is 9.18 Å². The van der Waals surface area contributed by atoms with Crippen molar-refractivity contribution in [1.82, 2.24) is 0 Å². The molecule has 0 atom stereocenters. The van der Waals surface area contributed by atoms with Crippen LogP contribution >= 0.6 is 0 Å². The third-order valence-electron chi connectivity index (χ3n) is 1.66. The Hall–Kier alpha value is -1.71. The molecule has 1 amide bonds. The molecule has 0 fully saturated rings. The lowest BCUT2D eigenvalue weighted by atomic mass is 10.1. The number of benzene rings is 1. The maximum absolute atomic E-state index is 13.0. The molecule has 3 nitrogen and oxygen atoms in total. The van der Waals surface area contributed by atoms with Gasteiger partial charge in [-0.2, -0.15) is 4.99 Å². The standard InChI is InChI=1S/C9H9FN2O/c1-6-2-3-7(4-8(6)10)9(11)12-5-13/h2-5H,1H3,(H2,11,12,13). The first kappa shape index (κ1) is 9.38. The average molecular weight is 180 g/mol. The molecule has 0 bridgehead atoms. The summed E-state index contributed by atoms with van der Waals surface area (Å²) >= 11 is 0. The van der Waals surface area contributed by atoms with Crippen LogP contribution < -0.4 is 5.73 Å². The molecule has 0 aliphatic heterocycles. The highest BCUT2D eigenvalue weighted by atomic mass is 19.1. The monoisotopic (exact) mass is 180 g/mol. The summed E-state index contributed by atoms with van der Waals surface area (Å²) in [6.07, 6.45) is 0.326. The molecule has 0 aliphatic rings. The summed E-state index contributed by atoms with van der Waals surface area (Å²) in [7, 11) is 0. The molecule has 4 heteroatoms. The summed E-state index contributed by atoms with van der Waals surface area (Å²) in [5.74, 6) is -0.338. The van der Waals surface area contributed by atoms with E-state index in [4.69, 9.17) is 5.73 Å². The molecule has 1 rings (SSSR count). The highest BCUT2D eigenvalue weighted by Crippen LogP contribution is 2.08. The van der Waals surface area contributed by atoms with Crippen molar-refractivity contribution in [1.29, 1.82) is 0 Å². The second-order valence-corrected chi connectivity index (χ2v) is 2.58. The van der Waals surface area contributed by atoms with Gasteiger partial charge in [0, 0.05) is 5.56 Å². The van der Waals surface area contributed by atoms with Gasteiger partial charge in [0.05, 0.1) is 0 Å². The molecular weight excluding hydrogens is 171 g/mol. The first-order chi connectivity index (χ1) is 6.15. The molecule has 0 aromatic heterocycles. The van der Waals surface area contributed by atoms with E-state index < -0.39 is 0 Å². The van der Waals surface area contributed by atoms with E-state index in [2.05, 4.69) is 4.99 Å². The SMILES string of the molecule is Cc1ccc(C(N)=NC=O)cc1F. The van der Waals surface area contributed by atoms with Crippen molar-refractivity contribution >= 4 is 12.2 Å². The van der Waals surface area contributed by atoms with Crippen molar-refractivity contribution in [2.75, 3.05) is 0 Å². The van der Waals surface area contributed by atoms with Crippen LogP contribution in [0.4, 0.5) is 4.39 Å². The summed E-state index contributed by atoms with van der Waals surface area (Å²) in [6, 6.07) is 4.44. The molecule has 0 spiro atoms. The Kier molecular flexibility index (Phi) is 2.74. The van der Waals surface area contributed by atoms with Crippen LogP contribution in [0, 0.1) is 12.7 Å². The highest BCUT2D eigenvalue weighted by molar-refractivity contribution is 6.00. The zero-order valence-corrected chi connectivity index (χ0v) is 7.12. The third kappa shape index (κ3) is 2.11. The molecule has 68 valence electrons. The van der Waals surface area contributed by atoms with Crippen LogP contribution in [0.15, 0.2) is 23.2 Å². The number of hydrogen-bond donors (Lipinski definition) is 1. The zero-order valence-electron chi connectivity index (χ0n) is 7.12. The minimum atomic E-state index is -0.360. The fourth-order valence-corrected chi connectivity index (χ4v) is 0.884. The molecule has 1 aromatic carbocycles. The van der Waals surface area contributed by atoms with E-state index in [1.54, 1.807) is 19.1 Å². The Balaban J connectivity index is 3.10. The summed E-state index contributed by atoms with van der Waals surface area (Å²) in [4.78, 5) is 13.3. The number of hydrogen-bond acceptors (Lipinski definition) is 1. The van der Waals surface area contributed by atoms with Crippen LogP contribution in [0.1, 0.15) is 11.1 Å². The summed E-state index contributed by atoms with van der Waals surface area (Å²) in [5.41, 5.74) is 6.32. The molecule has 0 aliphatic carbocycles. The normalized spacial score (nSPS) is 11.4. The summed E-state index contributed by atoms with van der Waals surface area (Å²) in [6.45, 7) is 1.65. The Bertz CT molecular complexity index is 361. The number of rotatable bonds is 2. The maximum Gasteiger partial charge on any atom is 0.234 e. The van der Waals surface area contributed by atoms with E-state index in [9.17, 15) is 9.18 Å². The van der Waals surface area contributed by atoms with Gasteiger partial charge in [-0.05, 0) is 18.6 Å². The van der Waals surface area contributed by atoms with Gasteiger partial charge in [-0.3, -0.25) is 4.79 Å². The first-order valence-corrected chi connectivity index (χ1v) is 3.68. The van der Waals surface area contributed by atoms with Crippen molar-refractivity contribution in [3.8, 4) is 0 Å². The van der Waals surface area contributed by atoms with Crippen LogP contribution in [0.25, 0.3) is 0 Å². The van der Waals surface area contributed by atoms with E-state index in [-0.39, 0.29) is 11.7 Å². The van der Waals surface area contributed by atoms with Crippen LogP contribution in [0.3, 0.4) is 0 Å². The predicted octanol–water partition coefficient (Wildman–Crippen LogP) is 0.996. The van der Waals surface area contributed by atoms with Gasteiger partial charge in [0.15, 0.2) is 0 Å². The number of halogens is 1. The molecule has 0 radical (unpaired) electrons. The molecule has 0 saturated carbocycles. The van der Waals surface area contributed by atoms with E-state index in [1.807, 2.05) is 0 Å². The second kappa shape index (κ2) is 3.80. The Labute approximate surface area is 75.1 Å². The zero-order chi connectivity index (χ0) is 9.84. The average Bonchev–Trinajstić information content (AvgIpc) is 2.10. The molecular formula is C9H9FN2O. The van der Waals surface area contributed by atoms with Gasteiger partial charge in [-0.15, -0.1) is 0 Å². The van der Waals surface area contributed by atoms with E-state index in [0.717, 1.165) is 0 Å².